The van der Waals surface area contributed by atoms with Crippen LogP contribution in [0, 0.1) is 0 Å². The molecule has 7 N–H and O–H groups in total. The average Bonchev–Trinajstić information content (AvgIpc) is 2.62. The first-order chi connectivity index (χ1) is 12.3. The van der Waals surface area contributed by atoms with E-state index in [-0.39, 0.29) is 6.04 Å². The molecule has 0 aromatic carbocycles. The Hall–Kier alpha value is -2.04. The van der Waals surface area contributed by atoms with Gasteiger partial charge in [-0.25, -0.2) is 5.90 Å². The molecule has 2 atom stereocenters. The Morgan fingerprint density at radius 3 is 1.81 bits per heavy atom. The van der Waals surface area contributed by atoms with E-state index < -0.39 is 18.0 Å². The molecule has 0 fully saturated rings. The summed E-state index contributed by atoms with van der Waals surface area (Å²) in [7, 11) is 1.82. The first-order valence-corrected chi connectivity index (χ1v) is 8.33. The average molecular weight is 381 g/mol. The molecule has 0 aromatic heterocycles. The Kier molecular flexibility index (Phi) is 33.9. The second-order valence-electron chi connectivity index (χ2n) is 5.02. The van der Waals surface area contributed by atoms with Crippen LogP contribution in [0.4, 0.5) is 0 Å². The van der Waals surface area contributed by atoms with Crippen LogP contribution < -0.4 is 16.5 Å². The molecule has 0 aliphatic rings. The Morgan fingerprint density at radius 2 is 1.62 bits per heavy atom. The molecule has 0 radical (unpaired) electrons. The number of hydrogen-bond acceptors (Lipinski definition) is 7. The molecule has 1 amide bonds. The minimum absolute atomic E-state index is 0.0755. The van der Waals surface area contributed by atoms with Crippen molar-refractivity contribution < 1.29 is 34.6 Å². The van der Waals surface area contributed by atoms with Crippen molar-refractivity contribution in [2.45, 2.75) is 71.4 Å². The van der Waals surface area contributed by atoms with Gasteiger partial charge in [0.1, 0.15) is 12.3 Å². The Morgan fingerprint density at radius 1 is 1.08 bits per heavy atom. The molecule has 10 heteroatoms. The molecule has 0 spiro atoms. The van der Waals surface area contributed by atoms with Gasteiger partial charge in [-0.3, -0.25) is 14.4 Å². The number of amides is 1. The van der Waals surface area contributed by atoms with Gasteiger partial charge in [0.15, 0.2) is 0 Å². The third-order valence-electron chi connectivity index (χ3n) is 2.81. The summed E-state index contributed by atoms with van der Waals surface area (Å²) in [6, 6.07) is -0.709. The summed E-state index contributed by atoms with van der Waals surface area (Å²) < 4.78 is 0. The molecule has 0 aliphatic heterocycles. The van der Waals surface area contributed by atoms with Gasteiger partial charge < -0.3 is 30.8 Å². The van der Waals surface area contributed by atoms with Crippen LogP contribution in [0.3, 0.4) is 0 Å². The normalized spacial score (nSPS) is 10.8. The van der Waals surface area contributed by atoms with E-state index in [4.69, 9.17) is 15.4 Å². The van der Waals surface area contributed by atoms with Crippen LogP contribution in [0.2, 0.25) is 0 Å². The molecule has 0 rings (SSSR count). The number of carboxylic acid groups (broad SMARTS) is 2. The molecule has 26 heavy (non-hydrogen) atoms. The lowest BCUT2D eigenvalue weighted by molar-refractivity contribution is -0.140. The molecule has 156 valence electrons. The van der Waals surface area contributed by atoms with E-state index >= 15 is 0 Å². The van der Waals surface area contributed by atoms with Gasteiger partial charge in [0.05, 0.1) is 6.04 Å². The van der Waals surface area contributed by atoms with E-state index in [1.165, 1.54) is 19.8 Å². The monoisotopic (exact) mass is 381 g/mol. The van der Waals surface area contributed by atoms with E-state index in [1.807, 2.05) is 14.0 Å². The second-order valence-corrected chi connectivity index (χ2v) is 5.02. The highest BCUT2D eigenvalue weighted by Crippen LogP contribution is 2.00. The highest BCUT2D eigenvalue weighted by molar-refractivity contribution is 5.75. The van der Waals surface area contributed by atoms with Crippen molar-refractivity contribution in [3.8, 4) is 0 Å². The predicted molar refractivity (Wildman–Crippen MR) is 97.9 cm³/mol. The van der Waals surface area contributed by atoms with Crippen molar-refractivity contribution in [1.82, 2.24) is 10.6 Å². The molecule has 0 saturated carbocycles. The number of carbonyl (C=O) groups is 4. The number of unbranched alkanes of at least 4 members (excludes halogenated alkanes) is 2. The van der Waals surface area contributed by atoms with Crippen molar-refractivity contribution >= 4 is 24.6 Å². The van der Waals surface area contributed by atoms with Gasteiger partial charge in [0.2, 0.25) is 6.41 Å². The largest absolute Gasteiger partial charge is 0.481 e. The Labute approximate surface area is 155 Å². The van der Waals surface area contributed by atoms with E-state index in [1.54, 1.807) is 0 Å². The summed E-state index contributed by atoms with van der Waals surface area (Å²) in [6.45, 7) is 5.39. The molecule has 0 saturated heterocycles. The van der Waals surface area contributed by atoms with Crippen molar-refractivity contribution in [3.63, 3.8) is 0 Å². The molecule has 0 bridgehead atoms. The fourth-order valence-corrected chi connectivity index (χ4v) is 1.28. The smallest absolute Gasteiger partial charge is 0.325 e. The lowest BCUT2D eigenvalue weighted by atomic mass is 10.1. The van der Waals surface area contributed by atoms with Gasteiger partial charge in [0.25, 0.3) is 0 Å². The maximum absolute atomic E-state index is 10.3. The zero-order valence-corrected chi connectivity index (χ0v) is 16.1. The fraction of sp³-hybridized carbons (Fsp3) is 0.750. The van der Waals surface area contributed by atoms with Crippen LogP contribution in [0.25, 0.3) is 0 Å². The zero-order valence-electron chi connectivity index (χ0n) is 16.1. The Balaban J connectivity index is -0.000000137. The first-order valence-electron chi connectivity index (χ1n) is 8.33. The maximum atomic E-state index is 10.3. The van der Waals surface area contributed by atoms with Crippen LogP contribution in [-0.2, 0) is 19.2 Å². The minimum Gasteiger partial charge on any atom is -0.481 e. The second kappa shape index (κ2) is 27.8. The number of likely N-dealkylation sites (N-methyl/N-ethyl adjacent to an activating group) is 1. The van der Waals surface area contributed by atoms with Crippen LogP contribution in [0.5, 0.6) is 0 Å². The van der Waals surface area contributed by atoms with Gasteiger partial charge in [-0.1, -0.05) is 33.1 Å². The number of rotatable bonds is 11. The number of aliphatic carboxylic acids is 2. The van der Waals surface area contributed by atoms with E-state index in [2.05, 4.69) is 23.5 Å². The topological polar surface area (TPSA) is 179 Å². The summed E-state index contributed by atoms with van der Waals surface area (Å²) in [5.74, 6) is 1.76. The first kappa shape index (κ1) is 31.7. The zero-order chi connectivity index (χ0) is 21.4. The fourth-order valence-electron chi connectivity index (χ4n) is 1.28. The minimum atomic E-state index is -1.03. The van der Waals surface area contributed by atoms with Crippen LogP contribution >= 0.6 is 0 Å². The quantitative estimate of drug-likeness (QED) is 0.171. The molecular weight excluding hydrogens is 346 g/mol. The number of carbonyl (C=O) groups excluding carboxylic acids is 2. The highest BCUT2D eigenvalue weighted by atomic mass is 16.4. The number of nitrogens with two attached hydrogens (primary N) is 1. The molecule has 0 heterocycles. The number of aldehydes is 1. The summed E-state index contributed by atoms with van der Waals surface area (Å²) >= 11 is 0. The van der Waals surface area contributed by atoms with Gasteiger partial charge in [-0.2, -0.15) is 0 Å². The molecule has 0 aliphatic carbocycles. The van der Waals surface area contributed by atoms with Crippen LogP contribution in [0.1, 0.15) is 59.3 Å². The Bertz CT molecular complexity index is 342. The van der Waals surface area contributed by atoms with Crippen LogP contribution in [-0.4, -0.2) is 59.2 Å². The lowest BCUT2D eigenvalue weighted by Gasteiger charge is -2.06. The van der Waals surface area contributed by atoms with E-state index in [0.717, 1.165) is 25.5 Å². The van der Waals surface area contributed by atoms with Gasteiger partial charge >= 0.3 is 11.9 Å². The van der Waals surface area contributed by atoms with Gasteiger partial charge in [-0.05, 0) is 26.8 Å². The van der Waals surface area contributed by atoms with Crippen LogP contribution in [0.15, 0.2) is 0 Å². The third-order valence-corrected chi connectivity index (χ3v) is 2.81. The molecule has 0 unspecified atom stereocenters. The number of carboxylic acids is 2. The number of hydrogen-bond donors (Lipinski definition) is 6. The van der Waals surface area contributed by atoms with Gasteiger partial charge in [0, 0.05) is 6.42 Å². The molecule has 0 aromatic rings. The van der Waals surface area contributed by atoms with Crippen molar-refractivity contribution in [3.05, 3.63) is 0 Å². The third kappa shape index (κ3) is 33.5. The van der Waals surface area contributed by atoms with Crippen molar-refractivity contribution in [2.24, 2.45) is 5.90 Å². The van der Waals surface area contributed by atoms with Crippen molar-refractivity contribution in [1.29, 1.82) is 0 Å². The standard InChI is InChI=1S/C8H17NO.C4H7NO3.C4H8O2.H3NO/c1-3-4-5-6-8(7-10)9-2;1-3(4(7)8)5-2-6;1-2-3-4(5)6;1-2/h7-9H,3-6H2,1-2H3;2-3H,1H3,(H,5,6)(H,7,8);2-3H2,1H3,(H,5,6);2H,1H2/t8-;3-;;/m00../s1. The van der Waals surface area contributed by atoms with Crippen molar-refractivity contribution in [2.75, 3.05) is 7.05 Å². The summed E-state index contributed by atoms with van der Waals surface area (Å²) in [5, 5.41) is 27.5. The maximum Gasteiger partial charge on any atom is 0.325 e. The predicted octanol–water partition coefficient (Wildman–Crippen LogP) is 0.765. The summed E-state index contributed by atoms with van der Waals surface area (Å²) in [4.78, 5) is 39.3. The highest BCUT2D eigenvalue weighted by Gasteiger charge is 2.06. The summed E-state index contributed by atoms with van der Waals surface area (Å²) in [6.07, 6.45) is 6.94. The van der Waals surface area contributed by atoms with E-state index in [9.17, 15) is 19.2 Å². The summed E-state index contributed by atoms with van der Waals surface area (Å²) in [5.41, 5.74) is 0. The number of nitrogens with one attached hydrogen (secondary N) is 2. The van der Waals surface area contributed by atoms with Gasteiger partial charge in [-0.15, -0.1) is 0 Å². The lowest BCUT2D eigenvalue weighted by Crippen LogP contribution is -2.32. The van der Waals surface area contributed by atoms with E-state index in [0.29, 0.717) is 12.8 Å². The molecule has 10 nitrogen and oxygen atoms in total. The molecular formula is C16H35N3O7. The SMILES string of the molecule is CCCC(=O)O.CCCCC[C@@H](C=O)NC.C[C@H](NC=O)C(=O)O.NO.